The highest BCUT2D eigenvalue weighted by atomic mass is 16.1. The molecule has 0 spiro atoms. The first-order valence-corrected chi connectivity index (χ1v) is 6.25. The number of unbranched alkanes of at least 4 members (excludes halogenated alkanes) is 1. The van der Waals surface area contributed by atoms with Crippen LogP contribution in [0.5, 0.6) is 0 Å². The van der Waals surface area contributed by atoms with Crippen molar-refractivity contribution in [2.24, 2.45) is 0 Å². The Bertz CT molecular complexity index is 404. The van der Waals surface area contributed by atoms with E-state index in [1.165, 1.54) is 0 Å². The van der Waals surface area contributed by atoms with Gasteiger partial charge >= 0.3 is 0 Å². The summed E-state index contributed by atoms with van der Waals surface area (Å²) in [5.74, 6) is 0. The van der Waals surface area contributed by atoms with Crippen LogP contribution in [0.3, 0.4) is 0 Å². The van der Waals surface area contributed by atoms with Gasteiger partial charge in [-0.05, 0) is 19.0 Å². The Morgan fingerprint density at radius 2 is 2.12 bits per heavy atom. The van der Waals surface area contributed by atoms with Gasteiger partial charge in [-0.3, -0.25) is 4.79 Å². The smallest absolute Gasteiger partial charge is 0.268 e. The van der Waals surface area contributed by atoms with Gasteiger partial charge in [-0.1, -0.05) is 34.1 Å². The van der Waals surface area contributed by atoms with Crippen LogP contribution in [0.4, 0.5) is 0 Å². The summed E-state index contributed by atoms with van der Waals surface area (Å²) in [5.41, 5.74) is 1.55. The SMILES string of the molecule is CCCCNCc1cc(C(C)(C)C)n[nH]c1=O. The lowest BCUT2D eigenvalue weighted by Gasteiger charge is -2.17. The minimum atomic E-state index is -0.0954. The van der Waals surface area contributed by atoms with Crippen LogP contribution in [0.2, 0.25) is 0 Å². The molecule has 0 saturated carbocycles. The molecule has 1 rings (SSSR count). The maximum atomic E-state index is 11.6. The third-order valence-electron chi connectivity index (χ3n) is 2.67. The van der Waals surface area contributed by atoms with Crippen molar-refractivity contribution >= 4 is 0 Å². The van der Waals surface area contributed by atoms with Crippen molar-refractivity contribution in [3.63, 3.8) is 0 Å². The quantitative estimate of drug-likeness (QED) is 0.770. The minimum absolute atomic E-state index is 0.0393. The highest BCUT2D eigenvalue weighted by Gasteiger charge is 2.17. The van der Waals surface area contributed by atoms with Gasteiger partial charge in [-0.15, -0.1) is 0 Å². The lowest BCUT2D eigenvalue weighted by molar-refractivity contribution is 0.552. The standard InChI is InChI=1S/C13H23N3O/c1-5-6-7-14-9-10-8-11(13(2,3)4)15-16-12(10)17/h8,14H,5-7,9H2,1-4H3,(H,16,17). The van der Waals surface area contributed by atoms with Gasteiger partial charge in [0.2, 0.25) is 0 Å². The first-order chi connectivity index (χ1) is 7.95. The zero-order valence-electron chi connectivity index (χ0n) is 11.3. The highest BCUT2D eigenvalue weighted by Crippen LogP contribution is 2.18. The summed E-state index contributed by atoms with van der Waals surface area (Å²) in [6, 6.07) is 1.90. The van der Waals surface area contributed by atoms with Gasteiger partial charge < -0.3 is 5.32 Å². The Hall–Kier alpha value is -1.16. The number of hydrogen-bond acceptors (Lipinski definition) is 3. The molecule has 0 aromatic carbocycles. The summed E-state index contributed by atoms with van der Waals surface area (Å²) < 4.78 is 0. The lowest BCUT2D eigenvalue weighted by atomic mass is 9.91. The molecule has 0 bridgehead atoms. The fourth-order valence-electron chi connectivity index (χ4n) is 1.49. The van der Waals surface area contributed by atoms with Gasteiger partial charge in [0.15, 0.2) is 0 Å². The number of aromatic nitrogens is 2. The van der Waals surface area contributed by atoms with E-state index in [0.717, 1.165) is 30.6 Å². The van der Waals surface area contributed by atoms with E-state index < -0.39 is 0 Å². The first-order valence-electron chi connectivity index (χ1n) is 6.25. The van der Waals surface area contributed by atoms with Crippen molar-refractivity contribution in [2.75, 3.05) is 6.54 Å². The van der Waals surface area contributed by atoms with Crippen molar-refractivity contribution in [2.45, 2.75) is 52.5 Å². The van der Waals surface area contributed by atoms with E-state index >= 15 is 0 Å². The zero-order chi connectivity index (χ0) is 12.9. The average molecular weight is 237 g/mol. The van der Waals surface area contributed by atoms with Gasteiger partial charge in [0.1, 0.15) is 0 Å². The summed E-state index contributed by atoms with van der Waals surface area (Å²) in [7, 11) is 0. The van der Waals surface area contributed by atoms with Crippen molar-refractivity contribution in [3.05, 3.63) is 27.7 Å². The molecule has 1 aromatic heterocycles. The summed E-state index contributed by atoms with van der Waals surface area (Å²) >= 11 is 0. The maximum Gasteiger partial charge on any atom is 0.268 e. The van der Waals surface area contributed by atoms with E-state index in [4.69, 9.17) is 0 Å². The Morgan fingerprint density at radius 1 is 1.41 bits per heavy atom. The average Bonchev–Trinajstić information content (AvgIpc) is 2.25. The monoisotopic (exact) mass is 237 g/mol. The number of nitrogens with zero attached hydrogens (tertiary/aromatic N) is 1. The second-order valence-electron chi connectivity index (χ2n) is 5.39. The van der Waals surface area contributed by atoms with Crippen molar-refractivity contribution in [1.82, 2.24) is 15.5 Å². The molecule has 0 amide bonds. The molecule has 0 unspecified atom stereocenters. The third-order valence-corrected chi connectivity index (χ3v) is 2.67. The Balaban J connectivity index is 2.74. The van der Waals surface area contributed by atoms with Crippen molar-refractivity contribution in [1.29, 1.82) is 0 Å². The second kappa shape index (κ2) is 5.96. The van der Waals surface area contributed by atoms with E-state index in [0.29, 0.717) is 6.54 Å². The highest BCUT2D eigenvalue weighted by molar-refractivity contribution is 5.18. The molecule has 0 aliphatic carbocycles. The molecule has 0 aliphatic rings. The maximum absolute atomic E-state index is 11.6. The van der Waals surface area contributed by atoms with E-state index in [9.17, 15) is 4.79 Å². The molecule has 4 heteroatoms. The second-order valence-corrected chi connectivity index (χ2v) is 5.39. The molecular weight excluding hydrogens is 214 g/mol. The largest absolute Gasteiger partial charge is 0.312 e. The van der Waals surface area contributed by atoms with Crippen LogP contribution in [0.25, 0.3) is 0 Å². The fourth-order valence-corrected chi connectivity index (χ4v) is 1.49. The van der Waals surface area contributed by atoms with Gasteiger partial charge in [0, 0.05) is 17.5 Å². The predicted molar refractivity (Wildman–Crippen MR) is 70.2 cm³/mol. The fraction of sp³-hybridized carbons (Fsp3) is 0.692. The number of rotatable bonds is 5. The van der Waals surface area contributed by atoms with E-state index in [-0.39, 0.29) is 11.0 Å². The van der Waals surface area contributed by atoms with Crippen LogP contribution in [-0.2, 0) is 12.0 Å². The summed E-state index contributed by atoms with van der Waals surface area (Å²) in [6.07, 6.45) is 2.29. The molecule has 0 fully saturated rings. The molecule has 4 nitrogen and oxygen atoms in total. The number of hydrogen-bond donors (Lipinski definition) is 2. The third kappa shape index (κ3) is 4.30. The molecule has 17 heavy (non-hydrogen) atoms. The normalized spacial score (nSPS) is 11.8. The van der Waals surface area contributed by atoms with Crippen LogP contribution in [0.1, 0.15) is 51.8 Å². The number of nitrogens with one attached hydrogen (secondary N) is 2. The van der Waals surface area contributed by atoms with Crippen LogP contribution in [0, 0.1) is 0 Å². The predicted octanol–water partition coefficient (Wildman–Crippen LogP) is 1.96. The summed E-state index contributed by atoms with van der Waals surface area (Å²) in [6.45, 7) is 9.97. The Labute approximate surface area is 103 Å². The molecule has 2 N–H and O–H groups in total. The summed E-state index contributed by atoms with van der Waals surface area (Å²) in [5, 5.41) is 9.93. The van der Waals surface area contributed by atoms with Crippen LogP contribution in [0.15, 0.2) is 10.9 Å². The van der Waals surface area contributed by atoms with Crippen molar-refractivity contribution in [3.8, 4) is 0 Å². The van der Waals surface area contributed by atoms with Crippen LogP contribution in [-0.4, -0.2) is 16.7 Å². The molecule has 0 radical (unpaired) electrons. The molecule has 0 atom stereocenters. The molecule has 1 aromatic rings. The molecule has 0 aliphatic heterocycles. The van der Waals surface area contributed by atoms with Gasteiger partial charge in [-0.2, -0.15) is 5.10 Å². The molecule has 1 heterocycles. The van der Waals surface area contributed by atoms with Crippen LogP contribution < -0.4 is 10.9 Å². The van der Waals surface area contributed by atoms with E-state index in [2.05, 4.69) is 43.2 Å². The first kappa shape index (κ1) is 13.9. The topological polar surface area (TPSA) is 57.8 Å². The molecule has 96 valence electrons. The molecular formula is C13H23N3O. The van der Waals surface area contributed by atoms with E-state index in [1.54, 1.807) is 0 Å². The molecule has 0 saturated heterocycles. The van der Waals surface area contributed by atoms with Gasteiger partial charge in [-0.25, -0.2) is 5.10 Å². The van der Waals surface area contributed by atoms with Gasteiger partial charge in [0.25, 0.3) is 5.56 Å². The lowest BCUT2D eigenvalue weighted by Crippen LogP contribution is -2.25. The Morgan fingerprint density at radius 3 is 2.71 bits per heavy atom. The number of H-pyrrole nitrogens is 1. The van der Waals surface area contributed by atoms with Crippen molar-refractivity contribution < 1.29 is 0 Å². The summed E-state index contributed by atoms with van der Waals surface area (Å²) in [4.78, 5) is 11.6. The van der Waals surface area contributed by atoms with Gasteiger partial charge in [0.05, 0.1) is 5.69 Å². The van der Waals surface area contributed by atoms with Crippen LogP contribution >= 0.6 is 0 Å². The number of aromatic amines is 1. The minimum Gasteiger partial charge on any atom is -0.312 e. The zero-order valence-corrected chi connectivity index (χ0v) is 11.3. The Kier molecular flexibility index (Phi) is 4.87. The van der Waals surface area contributed by atoms with E-state index in [1.807, 2.05) is 6.07 Å².